The number of rotatable bonds is 3. The van der Waals surface area contributed by atoms with Gasteiger partial charge in [-0.1, -0.05) is 20.8 Å². The van der Waals surface area contributed by atoms with Crippen molar-refractivity contribution >= 4 is 0 Å². The lowest BCUT2D eigenvalue weighted by atomic mass is 9.85. The molecule has 2 atom stereocenters. The van der Waals surface area contributed by atoms with Crippen LogP contribution in [0.3, 0.4) is 0 Å². The number of nitrogens with one attached hydrogen (secondary N) is 1. The van der Waals surface area contributed by atoms with E-state index in [1.165, 1.54) is 5.56 Å². The van der Waals surface area contributed by atoms with Gasteiger partial charge in [0.15, 0.2) is 0 Å². The number of ether oxygens (including phenoxy) is 1. The fourth-order valence-corrected chi connectivity index (χ4v) is 2.92. The molecule has 2 unspecified atom stereocenters. The van der Waals surface area contributed by atoms with E-state index in [4.69, 9.17) is 4.74 Å². The van der Waals surface area contributed by atoms with E-state index >= 15 is 0 Å². The summed E-state index contributed by atoms with van der Waals surface area (Å²) in [4.78, 5) is 0. The maximum absolute atomic E-state index is 6.07. The summed E-state index contributed by atoms with van der Waals surface area (Å²) in [5.41, 5.74) is 2.63. The lowest BCUT2D eigenvalue weighted by Crippen LogP contribution is -2.39. The molecule has 4 heteroatoms. The Labute approximate surface area is 129 Å². The monoisotopic (exact) mass is 293 g/mol. The second kappa shape index (κ2) is 5.73. The Bertz CT molecular complexity index is 479. The van der Waals surface area contributed by atoms with Crippen LogP contribution in [0.2, 0.25) is 0 Å². The molecule has 0 bridgehead atoms. The first kappa shape index (κ1) is 16.5. The topological polar surface area (TPSA) is 39.1 Å². The summed E-state index contributed by atoms with van der Waals surface area (Å²) < 4.78 is 8.00. The summed E-state index contributed by atoms with van der Waals surface area (Å²) in [7, 11) is 2.00. The van der Waals surface area contributed by atoms with Crippen molar-refractivity contribution in [2.45, 2.75) is 65.0 Å². The second-order valence-electron chi connectivity index (χ2n) is 8.33. The number of aryl methyl sites for hydroxylation is 1. The molecule has 1 N–H and O–H groups in total. The molecule has 1 saturated heterocycles. The number of hydrogen-bond acceptors (Lipinski definition) is 3. The maximum atomic E-state index is 6.07. The summed E-state index contributed by atoms with van der Waals surface area (Å²) in [5, 5.41) is 8.31. The minimum absolute atomic E-state index is 0.0462. The molecule has 0 spiro atoms. The van der Waals surface area contributed by atoms with Crippen molar-refractivity contribution < 1.29 is 4.74 Å². The van der Waals surface area contributed by atoms with Crippen molar-refractivity contribution in [1.82, 2.24) is 15.1 Å². The van der Waals surface area contributed by atoms with Crippen LogP contribution in [0.15, 0.2) is 6.20 Å². The first-order valence-corrected chi connectivity index (χ1v) is 7.98. The molecular formula is C17H31N3O. The smallest absolute Gasteiger partial charge is 0.0899 e. The van der Waals surface area contributed by atoms with Gasteiger partial charge in [0, 0.05) is 48.8 Å². The van der Waals surface area contributed by atoms with Crippen molar-refractivity contribution in [3.8, 4) is 0 Å². The highest BCUT2D eigenvalue weighted by atomic mass is 16.5. The van der Waals surface area contributed by atoms with Gasteiger partial charge in [0.2, 0.25) is 0 Å². The van der Waals surface area contributed by atoms with Gasteiger partial charge >= 0.3 is 0 Å². The molecule has 21 heavy (non-hydrogen) atoms. The average Bonchev–Trinajstić information content (AvgIpc) is 2.89. The summed E-state index contributed by atoms with van der Waals surface area (Å²) in [6.45, 7) is 15.1. The second-order valence-corrected chi connectivity index (χ2v) is 8.33. The molecule has 2 rings (SSSR count). The van der Waals surface area contributed by atoms with Gasteiger partial charge < -0.3 is 10.1 Å². The van der Waals surface area contributed by atoms with Gasteiger partial charge in [-0.25, -0.2) is 0 Å². The molecule has 1 aromatic heterocycles. The minimum Gasteiger partial charge on any atom is -0.373 e. The van der Waals surface area contributed by atoms with E-state index in [2.05, 4.69) is 58.2 Å². The molecule has 2 heterocycles. The van der Waals surface area contributed by atoms with Crippen molar-refractivity contribution in [2.75, 3.05) is 13.2 Å². The highest BCUT2D eigenvalue weighted by Crippen LogP contribution is 2.39. The van der Waals surface area contributed by atoms with E-state index in [1.807, 2.05) is 11.7 Å². The summed E-state index contributed by atoms with van der Waals surface area (Å²) in [6.07, 6.45) is 3.43. The first-order valence-electron chi connectivity index (χ1n) is 7.98. The molecule has 0 radical (unpaired) electrons. The molecule has 0 aromatic carbocycles. The Morgan fingerprint density at radius 2 is 1.95 bits per heavy atom. The maximum Gasteiger partial charge on any atom is 0.0899 e. The molecule has 4 nitrogen and oxygen atoms in total. The van der Waals surface area contributed by atoms with Crippen LogP contribution in [0, 0.1) is 5.92 Å². The molecule has 120 valence electrons. The third-order valence-corrected chi connectivity index (χ3v) is 3.98. The third-order valence-electron chi connectivity index (χ3n) is 3.98. The summed E-state index contributed by atoms with van der Waals surface area (Å²) in [5.74, 6) is 0.523. The zero-order valence-electron chi connectivity index (χ0n) is 14.7. The van der Waals surface area contributed by atoms with Crippen LogP contribution in [0.1, 0.15) is 65.3 Å². The normalized spacial score (nSPS) is 23.8. The first-order chi connectivity index (χ1) is 9.58. The van der Waals surface area contributed by atoms with Crippen molar-refractivity contribution in [1.29, 1.82) is 0 Å². The van der Waals surface area contributed by atoms with Gasteiger partial charge in [0.25, 0.3) is 0 Å². The van der Waals surface area contributed by atoms with E-state index < -0.39 is 0 Å². The van der Waals surface area contributed by atoms with Crippen LogP contribution in [-0.2, 0) is 17.2 Å². The van der Waals surface area contributed by atoms with E-state index in [0.29, 0.717) is 5.92 Å². The average molecular weight is 293 g/mol. The molecule has 1 aliphatic rings. The molecule has 0 aliphatic carbocycles. The molecule has 0 saturated carbocycles. The Kier molecular flexibility index (Phi) is 4.50. The summed E-state index contributed by atoms with van der Waals surface area (Å²) in [6, 6.07) is 0. The number of nitrogens with zero attached hydrogens (tertiary/aromatic N) is 2. The SMILES string of the molecule is Cn1cc(C2OCCC2CNC(C)(C)C)c(C(C)(C)C)n1. The zero-order valence-corrected chi connectivity index (χ0v) is 14.7. The van der Waals surface area contributed by atoms with Crippen molar-refractivity contribution in [2.24, 2.45) is 13.0 Å². The minimum atomic E-state index is 0.0462. The largest absolute Gasteiger partial charge is 0.373 e. The van der Waals surface area contributed by atoms with Crippen LogP contribution < -0.4 is 5.32 Å². The highest BCUT2D eigenvalue weighted by molar-refractivity contribution is 5.27. The predicted octanol–water partition coefficient (Wildman–Crippen LogP) is 3.18. The summed E-state index contributed by atoms with van der Waals surface area (Å²) >= 11 is 0. The van der Waals surface area contributed by atoms with Gasteiger partial charge in [-0.05, 0) is 27.2 Å². The molecule has 1 fully saturated rings. The van der Waals surface area contributed by atoms with Crippen LogP contribution >= 0.6 is 0 Å². The highest BCUT2D eigenvalue weighted by Gasteiger charge is 2.35. The van der Waals surface area contributed by atoms with Crippen molar-refractivity contribution in [3.05, 3.63) is 17.5 Å². The van der Waals surface area contributed by atoms with E-state index in [0.717, 1.165) is 25.3 Å². The van der Waals surface area contributed by atoms with E-state index in [9.17, 15) is 0 Å². The van der Waals surface area contributed by atoms with Crippen LogP contribution in [0.5, 0.6) is 0 Å². The lowest BCUT2D eigenvalue weighted by molar-refractivity contribution is 0.0874. The quantitative estimate of drug-likeness (QED) is 0.930. The standard InChI is InChI=1S/C17H31N3O/c1-16(2,3)15-13(11-20(7)19-15)14-12(8-9-21-14)10-18-17(4,5)6/h11-12,14,18H,8-10H2,1-7H3. The zero-order chi connectivity index (χ0) is 15.8. The Morgan fingerprint density at radius 3 is 2.52 bits per heavy atom. The van der Waals surface area contributed by atoms with Gasteiger partial charge in [0.05, 0.1) is 11.8 Å². The van der Waals surface area contributed by atoms with Gasteiger partial charge in [-0.15, -0.1) is 0 Å². The van der Waals surface area contributed by atoms with Crippen LogP contribution in [-0.4, -0.2) is 28.5 Å². The van der Waals surface area contributed by atoms with Crippen LogP contribution in [0.4, 0.5) is 0 Å². The fourth-order valence-electron chi connectivity index (χ4n) is 2.92. The predicted molar refractivity (Wildman–Crippen MR) is 86.5 cm³/mol. The molecule has 1 aromatic rings. The third kappa shape index (κ3) is 4.07. The lowest BCUT2D eigenvalue weighted by Gasteiger charge is -2.27. The van der Waals surface area contributed by atoms with E-state index in [-0.39, 0.29) is 17.1 Å². The van der Waals surface area contributed by atoms with Crippen molar-refractivity contribution in [3.63, 3.8) is 0 Å². The van der Waals surface area contributed by atoms with Crippen LogP contribution in [0.25, 0.3) is 0 Å². The van der Waals surface area contributed by atoms with Gasteiger partial charge in [-0.3, -0.25) is 4.68 Å². The number of aromatic nitrogens is 2. The van der Waals surface area contributed by atoms with E-state index in [1.54, 1.807) is 0 Å². The Morgan fingerprint density at radius 1 is 1.29 bits per heavy atom. The molecular weight excluding hydrogens is 262 g/mol. The number of hydrogen-bond donors (Lipinski definition) is 1. The Hall–Kier alpha value is -0.870. The Balaban J connectivity index is 2.20. The molecule has 1 aliphatic heterocycles. The fraction of sp³-hybridized carbons (Fsp3) is 0.824. The molecule has 0 amide bonds. The van der Waals surface area contributed by atoms with Gasteiger partial charge in [0.1, 0.15) is 0 Å². The van der Waals surface area contributed by atoms with Gasteiger partial charge in [-0.2, -0.15) is 5.10 Å².